The molecule has 0 aromatic rings. The van der Waals surface area contributed by atoms with Crippen LogP contribution >= 0.6 is 0 Å². The lowest BCUT2D eigenvalue weighted by atomic mass is 9.91. The third-order valence-corrected chi connectivity index (χ3v) is 6.37. The Morgan fingerprint density at radius 2 is 1.08 bits per heavy atom. The van der Waals surface area contributed by atoms with E-state index in [2.05, 4.69) is 0 Å². The highest BCUT2D eigenvalue weighted by Gasteiger charge is 2.44. The van der Waals surface area contributed by atoms with Gasteiger partial charge in [0.25, 0.3) is 0 Å². The molecule has 1 aliphatic carbocycles. The predicted molar refractivity (Wildman–Crippen MR) is 144 cm³/mol. The second-order valence-corrected chi connectivity index (χ2v) is 13.2. The van der Waals surface area contributed by atoms with Gasteiger partial charge < -0.3 is 38.6 Å². The summed E-state index contributed by atoms with van der Waals surface area (Å²) in [5.74, 6) is -1.92. The molecular weight excluding hydrogens is 508 g/mol. The van der Waals surface area contributed by atoms with E-state index in [4.69, 9.17) is 33.5 Å². The molecule has 2 aliphatic heterocycles. The number of aliphatic hydroxyl groups excluding tert-OH is 2. The zero-order chi connectivity index (χ0) is 29.5. The number of carbonyl (C=O) groups excluding carboxylic acids is 2. The monoisotopic (exact) mass is 560 g/mol. The van der Waals surface area contributed by atoms with Crippen molar-refractivity contribution in [3.63, 3.8) is 0 Å². The van der Waals surface area contributed by atoms with Crippen molar-refractivity contribution in [2.75, 3.05) is 13.2 Å². The highest BCUT2D eigenvalue weighted by Crippen LogP contribution is 2.40. The summed E-state index contributed by atoms with van der Waals surface area (Å²) < 4.78 is 33.8. The zero-order valence-electron chi connectivity index (χ0n) is 25.2. The summed E-state index contributed by atoms with van der Waals surface area (Å²) in [6.45, 7) is 14.5. The van der Waals surface area contributed by atoms with Crippen LogP contribution in [0, 0.1) is 0 Å². The Morgan fingerprint density at radius 3 is 1.51 bits per heavy atom. The number of hydrogen-bond acceptors (Lipinski definition) is 10. The minimum Gasteiger partial charge on any atom is -0.460 e. The van der Waals surface area contributed by atoms with Crippen molar-refractivity contribution in [3.8, 4) is 0 Å². The Labute approximate surface area is 234 Å². The molecular formula is C29H52O10. The molecule has 39 heavy (non-hydrogen) atoms. The molecule has 3 fully saturated rings. The van der Waals surface area contributed by atoms with E-state index in [0.717, 1.165) is 25.7 Å². The molecule has 0 radical (unpaired) electrons. The van der Waals surface area contributed by atoms with Crippen LogP contribution in [0.4, 0.5) is 0 Å². The molecule has 2 heterocycles. The van der Waals surface area contributed by atoms with Gasteiger partial charge in [0.05, 0.1) is 50.5 Å². The highest BCUT2D eigenvalue weighted by atomic mass is 16.7. The van der Waals surface area contributed by atoms with E-state index in [1.165, 1.54) is 6.42 Å². The van der Waals surface area contributed by atoms with E-state index in [1.54, 1.807) is 13.8 Å². The quantitative estimate of drug-likeness (QED) is 0.457. The number of hydrogen-bond donors (Lipinski definition) is 2. The molecule has 0 aromatic heterocycles. The first-order valence-electron chi connectivity index (χ1n) is 14.3. The number of rotatable bonds is 6. The lowest BCUT2D eigenvalue weighted by molar-refractivity contribution is -0.332. The molecule has 4 atom stereocenters. The zero-order valence-corrected chi connectivity index (χ0v) is 25.2. The number of aliphatic hydroxyl groups is 2. The third-order valence-electron chi connectivity index (χ3n) is 6.37. The van der Waals surface area contributed by atoms with Gasteiger partial charge in [-0.05, 0) is 68.2 Å². The van der Waals surface area contributed by atoms with Crippen molar-refractivity contribution in [1.29, 1.82) is 0 Å². The van der Waals surface area contributed by atoms with Crippen LogP contribution in [0.25, 0.3) is 0 Å². The van der Waals surface area contributed by atoms with E-state index in [1.807, 2.05) is 41.5 Å². The Balaban J connectivity index is 0.000000277. The normalized spacial score (nSPS) is 28.7. The maximum Gasteiger partial charge on any atom is 0.308 e. The Bertz CT molecular complexity index is 776. The van der Waals surface area contributed by atoms with Crippen LogP contribution in [0.3, 0.4) is 0 Å². The first-order chi connectivity index (χ1) is 17.9. The molecule has 0 bridgehead atoms. The summed E-state index contributed by atoms with van der Waals surface area (Å²) in [5.41, 5.74) is -0.977. The van der Waals surface area contributed by atoms with Crippen molar-refractivity contribution in [2.24, 2.45) is 0 Å². The molecule has 0 aromatic carbocycles. The van der Waals surface area contributed by atoms with Crippen LogP contribution in [-0.2, 0) is 38.0 Å². The summed E-state index contributed by atoms with van der Waals surface area (Å²) >= 11 is 0. The minimum absolute atomic E-state index is 0.0318. The van der Waals surface area contributed by atoms with Crippen LogP contribution in [0.15, 0.2) is 0 Å². The second kappa shape index (κ2) is 14.0. The van der Waals surface area contributed by atoms with Crippen molar-refractivity contribution >= 4 is 11.9 Å². The first-order valence-corrected chi connectivity index (χ1v) is 14.3. The third kappa shape index (κ3) is 12.8. The fraction of sp³-hybridized carbons (Fsp3) is 0.931. The highest BCUT2D eigenvalue weighted by molar-refractivity contribution is 5.70. The Kier molecular flexibility index (Phi) is 12.2. The largest absolute Gasteiger partial charge is 0.460 e. The molecule has 10 heteroatoms. The van der Waals surface area contributed by atoms with Crippen LogP contribution < -0.4 is 0 Å². The van der Waals surface area contributed by atoms with Gasteiger partial charge >= 0.3 is 11.9 Å². The lowest BCUT2D eigenvalue weighted by Gasteiger charge is -2.46. The van der Waals surface area contributed by atoms with Crippen molar-refractivity contribution < 1.29 is 48.2 Å². The van der Waals surface area contributed by atoms with E-state index >= 15 is 0 Å². The average Bonchev–Trinajstić information content (AvgIpc) is 2.75. The molecule has 1 spiro atoms. The van der Waals surface area contributed by atoms with Gasteiger partial charge in [-0.15, -0.1) is 0 Å². The molecule has 0 amide bonds. The SMILES string of the molecule is CC(C)(C)OC(=O)CC1CC(CO)OC(C)(C)O1.CC(C)(C)OC(=O)CC1CC(CO)OC2(CCCCC2)O1. The summed E-state index contributed by atoms with van der Waals surface area (Å²) in [4.78, 5) is 23.7. The van der Waals surface area contributed by atoms with Crippen molar-refractivity contribution in [2.45, 2.75) is 160 Å². The number of ether oxygens (including phenoxy) is 6. The summed E-state index contributed by atoms with van der Waals surface area (Å²) in [6, 6.07) is 0. The minimum atomic E-state index is -0.779. The standard InChI is InChI=1S/C16H28O5.C13H24O5/c1-15(2,3)21-14(18)10-12-9-13(11-17)20-16(19-12)7-5-4-6-8-16;1-12(2,3)18-11(15)7-9-6-10(8-14)17-13(4,5)16-9/h12-13,17H,4-11H2,1-3H3;9-10,14H,6-8H2,1-5H3. The van der Waals surface area contributed by atoms with Gasteiger partial charge in [-0.1, -0.05) is 6.42 Å². The number of carbonyl (C=O) groups is 2. The van der Waals surface area contributed by atoms with E-state index in [0.29, 0.717) is 12.8 Å². The van der Waals surface area contributed by atoms with Gasteiger partial charge in [0, 0.05) is 25.7 Å². The van der Waals surface area contributed by atoms with Crippen LogP contribution in [-0.4, -0.2) is 82.6 Å². The summed E-state index contributed by atoms with van der Waals surface area (Å²) in [7, 11) is 0. The maximum atomic E-state index is 12.0. The van der Waals surface area contributed by atoms with Gasteiger partial charge in [-0.25, -0.2) is 0 Å². The predicted octanol–water partition coefficient (Wildman–Crippen LogP) is 4.17. The average molecular weight is 561 g/mol. The van der Waals surface area contributed by atoms with Gasteiger partial charge in [-0.3, -0.25) is 9.59 Å². The van der Waals surface area contributed by atoms with E-state index in [-0.39, 0.29) is 62.4 Å². The fourth-order valence-corrected chi connectivity index (χ4v) is 5.18. The molecule has 4 unspecified atom stereocenters. The topological polar surface area (TPSA) is 130 Å². The Hall–Kier alpha value is -1.30. The number of esters is 2. The molecule has 10 nitrogen and oxygen atoms in total. The van der Waals surface area contributed by atoms with Crippen molar-refractivity contribution in [3.05, 3.63) is 0 Å². The molecule has 228 valence electrons. The molecule has 2 N–H and O–H groups in total. The van der Waals surface area contributed by atoms with Gasteiger partial charge in [0.15, 0.2) is 11.6 Å². The van der Waals surface area contributed by atoms with Crippen LogP contribution in [0.2, 0.25) is 0 Å². The smallest absolute Gasteiger partial charge is 0.308 e. The Morgan fingerprint density at radius 1 is 0.692 bits per heavy atom. The fourth-order valence-electron chi connectivity index (χ4n) is 5.18. The molecule has 2 saturated heterocycles. The van der Waals surface area contributed by atoms with Crippen molar-refractivity contribution in [1.82, 2.24) is 0 Å². The van der Waals surface area contributed by atoms with Crippen LogP contribution in [0.1, 0.15) is 113 Å². The molecule has 3 aliphatic rings. The van der Waals surface area contributed by atoms with E-state index in [9.17, 15) is 14.7 Å². The second-order valence-electron chi connectivity index (χ2n) is 13.2. The molecule has 1 saturated carbocycles. The summed E-state index contributed by atoms with van der Waals surface area (Å²) in [5, 5.41) is 18.6. The van der Waals surface area contributed by atoms with E-state index < -0.39 is 22.8 Å². The maximum absolute atomic E-state index is 12.0. The van der Waals surface area contributed by atoms with Crippen LogP contribution in [0.5, 0.6) is 0 Å². The summed E-state index contributed by atoms with van der Waals surface area (Å²) in [6.07, 6.45) is 5.40. The lowest BCUT2D eigenvalue weighted by Crippen LogP contribution is -2.51. The molecule has 3 rings (SSSR count). The first kappa shape index (κ1) is 33.9. The van der Waals surface area contributed by atoms with Gasteiger partial charge in [-0.2, -0.15) is 0 Å². The van der Waals surface area contributed by atoms with Gasteiger partial charge in [0.2, 0.25) is 0 Å². The van der Waals surface area contributed by atoms with Gasteiger partial charge in [0.1, 0.15) is 11.2 Å².